The minimum atomic E-state index is -2.72. The van der Waals surface area contributed by atoms with Crippen LogP contribution in [-0.4, -0.2) is 62.0 Å². The van der Waals surface area contributed by atoms with Crippen molar-refractivity contribution in [1.29, 1.82) is 5.26 Å². The first-order valence-electron chi connectivity index (χ1n) is 19.0. The molecule has 0 spiro atoms. The predicted octanol–water partition coefficient (Wildman–Crippen LogP) is 8.52. The number of fused-ring (bicyclic) bond motifs is 6. The topological polar surface area (TPSA) is 103 Å². The second-order valence-corrected chi connectivity index (χ2v) is 16.7. The maximum atomic E-state index is 17.3. The van der Waals surface area contributed by atoms with E-state index < -0.39 is 12.2 Å². The number of piperidine rings is 1. The molecule has 1 N–H and O–H groups in total. The van der Waals surface area contributed by atoms with E-state index in [-0.39, 0.29) is 76.1 Å². The Bertz CT molecular complexity index is 2450. The maximum absolute atomic E-state index is 17.3. The number of alkyl halides is 2. The molecular weight excluding hydrogens is 748 g/mol. The van der Waals surface area contributed by atoms with Crippen molar-refractivity contribution in [3.05, 3.63) is 81.1 Å². The van der Waals surface area contributed by atoms with Gasteiger partial charge in [-0.1, -0.05) is 35.3 Å². The van der Waals surface area contributed by atoms with E-state index in [1.54, 1.807) is 18.2 Å². The number of carbonyl (C=O) groups is 1. The van der Waals surface area contributed by atoms with Crippen LogP contribution in [0.4, 0.5) is 19.1 Å². The number of nitriles is 1. The van der Waals surface area contributed by atoms with Gasteiger partial charge in [-0.25, -0.2) is 28.1 Å². The molecule has 14 heteroatoms. The molecule has 55 heavy (non-hydrogen) atoms. The van der Waals surface area contributed by atoms with Crippen molar-refractivity contribution in [3.8, 4) is 17.2 Å². The third kappa shape index (κ3) is 5.44. The van der Waals surface area contributed by atoms with Crippen LogP contribution in [-0.2, 0) is 11.2 Å². The highest BCUT2D eigenvalue weighted by Crippen LogP contribution is 2.54. The number of likely N-dealkylation sites (tertiary alicyclic amines) is 1. The van der Waals surface area contributed by atoms with E-state index in [0.717, 1.165) is 48.8 Å². The van der Waals surface area contributed by atoms with Gasteiger partial charge >= 0.3 is 0 Å². The highest BCUT2D eigenvalue weighted by Gasteiger charge is 2.55. The fraction of sp³-hybridized carbons (Fsp3) is 0.439. The lowest BCUT2D eigenvalue weighted by molar-refractivity contribution is -0.135. The molecule has 6 aliphatic rings. The van der Waals surface area contributed by atoms with Gasteiger partial charge in [-0.2, -0.15) is 5.26 Å². The second-order valence-electron chi connectivity index (χ2n) is 15.9. The summed E-state index contributed by atoms with van der Waals surface area (Å²) in [6.07, 6.45) is 2.60. The molecule has 9 nitrogen and oxygen atoms in total. The number of pyridine rings is 1. The van der Waals surface area contributed by atoms with Crippen molar-refractivity contribution in [1.82, 2.24) is 29.7 Å². The average molecular weight is 786 g/mol. The number of halogens is 5. The van der Waals surface area contributed by atoms with Gasteiger partial charge in [0.25, 0.3) is 6.43 Å². The van der Waals surface area contributed by atoms with Crippen LogP contribution in [0.5, 0.6) is 0 Å². The standard InChI is InChI=1S/C41H37Cl2F3N8O/c1-19-26-15-31(37-23-12-24(53(37)40(55)20-7-8-20)18-52(17-23)41-48-11-9-29(51-41)39(45)46)54(36-22-14-30(36)49-16-22)38(26)27-13-21(4-3-10-47)32(34(44)35(27)50-19)25-5-2-6-28(42)33(25)43/h2,5-6,9,11,13,15,20,22-24,30,36-37,39,49H,3-4,7-8,12,14,16-18H2,1H3. The molecule has 7 heterocycles. The van der Waals surface area contributed by atoms with Gasteiger partial charge in [0.15, 0.2) is 5.82 Å². The Kier molecular flexibility index (Phi) is 8.32. The first-order valence-corrected chi connectivity index (χ1v) is 19.8. The molecular formula is C41H37Cl2F3N8O. The smallest absolute Gasteiger partial charge is 0.280 e. The Labute approximate surface area is 325 Å². The fourth-order valence-electron chi connectivity index (χ4n) is 10.1. The van der Waals surface area contributed by atoms with Crippen molar-refractivity contribution < 1.29 is 18.0 Å². The maximum Gasteiger partial charge on any atom is 0.280 e. The van der Waals surface area contributed by atoms with Gasteiger partial charge in [-0.05, 0) is 74.8 Å². The van der Waals surface area contributed by atoms with Gasteiger partial charge in [-0.3, -0.25) is 4.79 Å². The Balaban J connectivity index is 1.19. The SMILES string of the molecule is Cc1nc2c(F)c(-c3cccc(Cl)c3Cl)c(CCC#N)cc2c2c1cc(C1C3CC(CN(c4nccc(C(F)F)n4)C3)N1C(=O)C1CC1)n2C1C2CNC1C2. The zero-order chi connectivity index (χ0) is 37.9. The van der Waals surface area contributed by atoms with Crippen LogP contribution < -0.4 is 10.2 Å². The summed E-state index contributed by atoms with van der Waals surface area (Å²) >= 11 is 13.1. The Morgan fingerprint density at radius 1 is 1.09 bits per heavy atom. The first-order chi connectivity index (χ1) is 26.6. The van der Waals surface area contributed by atoms with Crippen LogP contribution in [0.3, 0.4) is 0 Å². The average Bonchev–Trinajstić information content (AvgIpc) is 3.46. The molecule has 4 saturated heterocycles. The van der Waals surface area contributed by atoms with Crippen molar-refractivity contribution in [3.63, 3.8) is 0 Å². The number of hydrogen-bond donors (Lipinski definition) is 1. The molecule has 3 aromatic heterocycles. The molecule has 2 saturated carbocycles. The summed E-state index contributed by atoms with van der Waals surface area (Å²) in [6.45, 7) is 3.70. The summed E-state index contributed by atoms with van der Waals surface area (Å²) in [7, 11) is 0. The summed E-state index contributed by atoms with van der Waals surface area (Å²) in [5.41, 5.74) is 3.77. The van der Waals surface area contributed by atoms with Gasteiger partial charge in [0.05, 0.1) is 39.8 Å². The molecule has 2 aromatic carbocycles. The summed E-state index contributed by atoms with van der Waals surface area (Å²) in [5, 5.41) is 15.4. The number of nitrogens with zero attached hydrogens (tertiary/aromatic N) is 7. The fourth-order valence-corrected chi connectivity index (χ4v) is 10.5. The molecule has 4 bridgehead atoms. The number of aromatic nitrogens is 4. The molecule has 282 valence electrons. The van der Waals surface area contributed by atoms with E-state index in [9.17, 15) is 18.8 Å². The second kappa shape index (κ2) is 13.1. The van der Waals surface area contributed by atoms with Gasteiger partial charge < -0.3 is 19.7 Å². The summed E-state index contributed by atoms with van der Waals surface area (Å²) in [5.74, 6) is 0.133. The van der Waals surface area contributed by atoms with Crippen LogP contribution >= 0.6 is 23.2 Å². The highest BCUT2D eigenvalue weighted by atomic mass is 35.5. The summed E-state index contributed by atoms with van der Waals surface area (Å²) in [4.78, 5) is 32.0. The van der Waals surface area contributed by atoms with Crippen LogP contribution in [0.15, 0.2) is 42.6 Å². The number of carbonyl (C=O) groups excluding carboxylic acids is 1. The van der Waals surface area contributed by atoms with Crippen molar-refractivity contribution in [2.45, 2.75) is 76.0 Å². The summed E-state index contributed by atoms with van der Waals surface area (Å²) < 4.78 is 47.1. The molecule has 11 rings (SSSR count). The van der Waals surface area contributed by atoms with Crippen LogP contribution in [0.2, 0.25) is 10.0 Å². The zero-order valence-electron chi connectivity index (χ0n) is 30.0. The molecule has 0 radical (unpaired) electrons. The van der Waals surface area contributed by atoms with E-state index in [2.05, 4.69) is 36.9 Å². The van der Waals surface area contributed by atoms with Crippen molar-refractivity contribution in [2.24, 2.45) is 17.8 Å². The number of benzene rings is 2. The Morgan fingerprint density at radius 2 is 1.93 bits per heavy atom. The Morgan fingerprint density at radius 3 is 2.65 bits per heavy atom. The molecule has 4 aliphatic heterocycles. The van der Waals surface area contributed by atoms with E-state index >= 15 is 4.39 Å². The minimum absolute atomic E-state index is 0.0342. The molecule has 6 unspecified atom stereocenters. The number of nitrogens with one attached hydrogen (secondary N) is 1. The minimum Gasteiger partial charge on any atom is -0.338 e. The monoisotopic (exact) mass is 784 g/mol. The Hall–Kier alpha value is -4.44. The van der Waals surface area contributed by atoms with Crippen LogP contribution in [0.25, 0.3) is 32.9 Å². The summed E-state index contributed by atoms with van der Waals surface area (Å²) in [6, 6.07) is 12.5. The zero-order valence-corrected chi connectivity index (χ0v) is 31.5. The van der Waals surface area contributed by atoms with E-state index in [1.807, 2.05) is 17.9 Å². The van der Waals surface area contributed by atoms with Crippen molar-refractivity contribution in [2.75, 3.05) is 24.5 Å². The third-order valence-electron chi connectivity index (χ3n) is 12.7. The van der Waals surface area contributed by atoms with E-state index in [0.29, 0.717) is 52.7 Å². The first kappa shape index (κ1) is 35.0. The highest BCUT2D eigenvalue weighted by molar-refractivity contribution is 6.43. The van der Waals surface area contributed by atoms with Gasteiger partial charge in [0.1, 0.15) is 11.2 Å². The molecule has 6 atom stereocenters. The third-order valence-corrected chi connectivity index (χ3v) is 13.5. The predicted molar refractivity (Wildman–Crippen MR) is 204 cm³/mol. The number of anilines is 1. The van der Waals surface area contributed by atoms with Crippen LogP contribution in [0, 0.1) is 41.8 Å². The number of rotatable bonds is 8. The van der Waals surface area contributed by atoms with Crippen LogP contribution in [0.1, 0.15) is 73.3 Å². The van der Waals surface area contributed by atoms with Gasteiger partial charge in [-0.15, -0.1) is 0 Å². The number of aryl methyl sites for hydroxylation is 2. The van der Waals surface area contributed by atoms with Crippen molar-refractivity contribution >= 4 is 56.9 Å². The lowest BCUT2D eigenvalue weighted by Gasteiger charge is -2.40. The molecule has 2 aliphatic carbocycles. The van der Waals surface area contributed by atoms with Gasteiger partial charge in [0.2, 0.25) is 11.9 Å². The largest absolute Gasteiger partial charge is 0.338 e. The quantitative estimate of drug-likeness (QED) is 0.168. The van der Waals surface area contributed by atoms with E-state index in [1.165, 1.54) is 12.3 Å². The normalized spacial score (nSPS) is 25.6. The lowest BCUT2D eigenvalue weighted by atomic mass is 9.79. The molecule has 1 amide bonds. The number of amides is 1. The molecule has 5 aromatic rings. The number of hydrogen-bond acceptors (Lipinski definition) is 7. The molecule has 6 fully saturated rings. The van der Waals surface area contributed by atoms with E-state index in [4.69, 9.17) is 28.2 Å². The van der Waals surface area contributed by atoms with Gasteiger partial charge in [0, 0.05) is 83.4 Å². The lowest BCUT2D eigenvalue weighted by Crippen LogP contribution is -2.45.